The molecule has 8 heteroatoms. The van der Waals surface area contributed by atoms with Crippen LogP contribution in [0.5, 0.6) is 0 Å². The van der Waals surface area contributed by atoms with Gasteiger partial charge in [0, 0.05) is 44.2 Å². The zero-order valence-corrected chi connectivity index (χ0v) is 16.0. The molecule has 3 heterocycles. The van der Waals surface area contributed by atoms with Crippen LogP contribution in [0.1, 0.15) is 16.2 Å². The number of rotatable bonds is 3. The number of H-pyrrole nitrogens is 1. The molecule has 8 nitrogen and oxygen atoms in total. The van der Waals surface area contributed by atoms with Gasteiger partial charge in [-0.15, -0.1) is 0 Å². The van der Waals surface area contributed by atoms with Gasteiger partial charge in [-0.3, -0.25) is 4.79 Å². The molecule has 1 saturated heterocycles. The van der Waals surface area contributed by atoms with Crippen LogP contribution in [0, 0.1) is 6.92 Å². The number of piperazine rings is 1. The SMILES string of the molecule is Cc1nc(-c2cccc(C(=O)N3CCN(c4nc5ccccc5[nH]4)CC3)c2)no1. The van der Waals surface area contributed by atoms with Crippen LogP contribution in [-0.2, 0) is 0 Å². The van der Waals surface area contributed by atoms with Gasteiger partial charge in [-0.2, -0.15) is 4.98 Å². The summed E-state index contributed by atoms with van der Waals surface area (Å²) in [5, 5.41) is 3.93. The normalized spacial score (nSPS) is 14.5. The third-order valence-electron chi connectivity index (χ3n) is 5.14. The molecular formula is C21H20N6O2. The van der Waals surface area contributed by atoms with Gasteiger partial charge in [0.2, 0.25) is 17.7 Å². The molecule has 0 aliphatic carbocycles. The van der Waals surface area contributed by atoms with Crippen molar-refractivity contribution in [2.45, 2.75) is 6.92 Å². The number of anilines is 1. The maximum absolute atomic E-state index is 13.0. The molecule has 1 aliphatic rings. The number of benzene rings is 2. The molecule has 1 fully saturated rings. The number of aryl methyl sites for hydroxylation is 1. The quantitative estimate of drug-likeness (QED) is 0.580. The molecule has 0 bridgehead atoms. The molecule has 146 valence electrons. The second kappa shape index (κ2) is 7.05. The molecule has 1 N–H and O–H groups in total. The van der Waals surface area contributed by atoms with Crippen molar-refractivity contribution in [3.05, 3.63) is 60.0 Å². The number of aromatic amines is 1. The second-order valence-electron chi connectivity index (χ2n) is 7.07. The van der Waals surface area contributed by atoms with Gasteiger partial charge in [-0.05, 0) is 24.3 Å². The smallest absolute Gasteiger partial charge is 0.253 e. The average molecular weight is 388 g/mol. The predicted molar refractivity (Wildman–Crippen MR) is 109 cm³/mol. The number of aromatic nitrogens is 4. The maximum Gasteiger partial charge on any atom is 0.253 e. The van der Waals surface area contributed by atoms with Gasteiger partial charge in [0.15, 0.2) is 0 Å². The number of carbonyl (C=O) groups excluding carboxylic acids is 1. The molecule has 1 amide bonds. The Morgan fingerprint density at radius 2 is 1.86 bits per heavy atom. The first-order chi connectivity index (χ1) is 14.2. The van der Waals surface area contributed by atoms with Crippen LogP contribution in [0.4, 0.5) is 5.95 Å². The molecule has 2 aromatic carbocycles. The Morgan fingerprint density at radius 3 is 2.62 bits per heavy atom. The Bertz CT molecular complexity index is 1140. The highest BCUT2D eigenvalue weighted by Crippen LogP contribution is 2.21. The van der Waals surface area contributed by atoms with E-state index in [-0.39, 0.29) is 5.91 Å². The number of nitrogens with one attached hydrogen (secondary N) is 1. The molecule has 29 heavy (non-hydrogen) atoms. The van der Waals surface area contributed by atoms with E-state index in [0.29, 0.717) is 30.4 Å². The Labute approximate surface area is 167 Å². The van der Waals surface area contributed by atoms with E-state index in [1.54, 1.807) is 6.92 Å². The highest BCUT2D eigenvalue weighted by Gasteiger charge is 2.24. The number of para-hydroxylation sites is 2. The summed E-state index contributed by atoms with van der Waals surface area (Å²) in [6.07, 6.45) is 0. The van der Waals surface area contributed by atoms with Crippen molar-refractivity contribution >= 4 is 22.9 Å². The summed E-state index contributed by atoms with van der Waals surface area (Å²) >= 11 is 0. The minimum absolute atomic E-state index is 0.0105. The van der Waals surface area contributed by atoms with Gasteiger partial charge in [0.1, 0.15) is 0 Å². The van der Waals surface area contributed by atoms with Crippen molar-refractivity contribution < 1.29 is 9.32 Å². The maximum atomic E-state index is 13.0. The zero-order valence-electron chi connectivity index (χ0n) is 16.0. The van der Waals surface area contributed by atoms with Gasteiger partial charge in [0.25, 0.3) is 5.91 Å². The molecule has 0 saturated carbocycles. The molecule has 2 aromatic heterocycles. The van der Waals surface area contributed by atoms with Crippen molar-refractivity contribution in [3.63, 3.8) is 0 Å². The van der Waals surface area contributed by atoms with Crippen LogP contribution >= 0.6 is 0 Å². The van der Waals surface area contributed by atoms with Crippen molar-refractivity contribution in [1.29, 1.82) is 0 Å². The number of nitrogens with zero attached hydrogens (tertiary/aromatic N) is 5. The van der Waals surface area contributed by atoms with Gasteiger partial charge in [-0.25, -0.2) is 4.98 Å². The fourth-order valence-corrected chi connectivity index (χ4v) is 3.60. The third-order valence-corrected chi connectivity index (χ3v) is 5.14. The molecule has 0 atom stereocenters. The lowest BCUT2D eigenvalue weighted by Gasteiger charge is -2.34. The number of hydrogen-bond donors (Lipinski definition) is 1. The first-order valence-corrected chi connectivity index (χ1v) is 9.57. The Balaban J connectivity index is 1.29. The minimum Gasteiger partial charge on any atom is -0.339 e. The van der Waals surface area contributed by atoms with Crippen LogP contribution < -0.4 is 4.90 Å². The van der Waals surface area contributed by atoms with Gasteiger partial charge in [0.05, 0.1) is 11.0 Å². The van der Waals surface area contributed by atoms with E-state index in [9.17, 15) is 4.79 Å². The monoisotopic (exact) mass is 388 g/mol. The average Bonchev–Trinajstić information content (AvgIpc) is 3.40. The van der Waals surface area contributed by atoms with Crippen molar-refractivity contribution in [2.24, 2.45) is 0 Å². The summed E-state index contributed by atoms with van der Waals surface area (Å²) in [6.45, 7) is 4.49. The van der Waals surface area contributed by atoms with E-state index in [1.807, 2.05) is 53.4 Å². The lowest BCUT2D eigenvalue weighted by molar-refractivity contribution is 0.0746. The van der Waals surface area contributed by atoms with Crippen LogP contribution in [0.2, 0.25) is 0 Å². The molecule has 0 unspecified atom stereocenters. The number of carbonyl (C=O) groups is 1. The van der Waals surface area contributed by atoms with Crippen LogP contribution in [-0.4, -0.2) is 57.1 Å². The predicted octanol–water partition coefficient (Wildman–Crippen LogP) is 2.88. The number of amides is 1. The lowest BCUT2D eigenvalue weighted by Crippen LogP contribution is -2.49. The molecular weight excluding hydrogens is 368 g/mol. The van der Waals surface area contributed by atoms with Gasteiger partial charge >= 0.3 is 0 Å². The van der Waals surface area contributed by atoms with E-state index in [4.69, 9.17) is 4.52 Å². The van der Waals surface area contributed by atoms with E-state index >= 15 is 0 Å². The molecule has 0 spiro atoms. The highest BCUT2D eigenvalue weighted by molar-refractivity contribution is 5.95. The van der Waals surface area contributed by atoms with Crippen molar-refractivity contribution in [2.75, 3.05) is 31.1 Å². The van der Waals surface area contributed by atoms with Crippen LogP contribution in [0.3, 0.4) is 0 Å². The Hall–Kier alpha value is -3.68. The fraction of sp³-hybridized carbons (Fsp3) is 0.238. The van der Waals surface area contributed by atoms with Gasteiger partial charge in [-0.1, -0.05) is 29.4 Å². The van der Waals surface area contributed by atoms with E-state index in [1.165, 1.54) is 0 Å². The summed E-state index contributed by atoms with van der Waals surface area (Å²) in [7, 11) is 0. The summed E-state index contributed by atoms with van der Waals surface area (Å²) in [5.74, 6) is 1.86. The molecule has 1 aliphatic heterocycles. The molecule has 4 aromatic rings. The standard InChI is InChI=1S/C21H20N6O2/c1-14-22-19(25-29-14)15-5-4-6-16(13-15)20(28)26-9-11-27(12-10-26)21-23-17-7-2-3-8-18(17)24-21/h2-8,13H,9-12H2,1H3,(H,23,24). The topological polar surface area (TPSA) is 91.2 Å². The van der Waals surface area contributed by atoms with E-state index in [2.05, 4.69) is 25.0 Å². The lowest BCUT2D eigenvalue weighted by atomic mass is 10.1. The number of hydrogen-bond acceptors (Lipinski definition) is 6. The molecule has 5 rings (SSSR count). The van der Waals surface area contributed by atoms with Crippen LogP contribution in [0.25, 0.3) is 22.4 Å². The Morgan fingerprint density at radius 1 is 1.03 bits per heavy atom. The summed E-state index contributed by atoms with van der Waals surface area (Å²) in [4.78, 5) is 29.3. The third kappa shape index (κ3) is 3.33. The first kappa shape index (κ1) is 17.4. The minimum atomic E-state index is 0.0105. The second-order valence-corrected chi connectivity index (χ2v) is 7.07. The summed E-state index contributed by atoms with van der Waals surface area (Å²) in [5.41, 5.74) is 3.37. The van der Waals surface area contributed by atoms with E-state index in [0.717, 1.165) is 35.6 Å². The number of imidazole rings is 1. The van der Waals surface area contributed by atoms with Crippen LogP contribution in [0.15, 0.2) is 53.1 Å². The van der Waals surface area contributed by atoms with Crippen molar-refractivity contribution in [1.82, 2.24) is 25.0 Å². The van der Waals surface area contributed by atoms with Gasteiger partial charge < -0.3 is 19.3 Å². The fourth-order valence-electron chi connectivity index (χ4n) is 3.60. The first-order valence-electron chi connectivity index (χ1n) is 9.57. The van der Waals surface area contributed by atoms with E-state index < -0.39 is 0 Å². The summed E-state index contributed by atoms with van der Waals surface area (Å²) in [6, 6.07) is 15.3. The number of fused-ring (bicyclic) bond motifs is 1. The molecule has 0 radical (unpaired) electrons. The largest absolute Gasteiger partial charge is 0.339 e. The highest BCUT2D eigenvalue weighted by atomic mass is 16.5. The zero-order chi connectivity index (χ0) is 19.8. The van der Waals surface area contributed by atoms with Crippen molar-refractivity contribution in [3.8, 4) is 11.4 Å². The Kier molecular flexibility index (Phi) is 4.23. The summed E-state index contributed by atoms with van der Waals surface area (Å²) < 4.78 is 5.04.